The minimum absolute atomic E-state index is 0.0398. The first-order valence-electron chi connectivity index (χ1n) is 8.52. The van der Waals surface area contributed by atoms with E-state index in [1.165, 1.54) is 6.33 Å². The van der Waals surface area contributed by atoms with Crippen LogP contribution in [0.3, 0.4) is 0 Å². The summed E-state index contributed by atoms with van der Waals surface area (Å²) in [5.74, 6) is 1.93. The predicted octanol–water partition coefficient (Wildman–Crippen LogP) is 3.05. The van der Waals surface area contributed by atoms with Crippen molar-refractivity contribution in [2.24, 2.45) is 5.92 Å². The molecule has 2 aromatic rings. The number of nitrogens with one attached hydrogen (secondary N) is 2. The second kappa shape index (κ2) is 7.00. The largest absolute Gasteiger partial charge is 0.373 e. The number of aryl methyl sites for hydroxylation is 1. The fraction of sp³-hybridized carbons (Fsp3) is 0.444. The highest BCUT2D eigenvalue weighted by molar-refractivity contribution is 7.91. The van der Waals surface area contributed by atoms with Crippen molar-refractivity contribution in [3.05, 3.63) is 41.7 Å². The van der Waals surface area contributed by atoms with Gasteiger partial charge in [-0.15, -0.1) is 0 Å². The predicted molar refractivity (Wildman–Crippen MR) is 99.6 cm³/mol. The Bertz CT molecular complexity index is 865. The Labute approximate surface area is 149 Å². The average Bonchev–Trinajstić information content (AvgIpc) is 2.59. The van der Waals surface area contributed by atoms with Gasteiger partial charge in [-0.05, 0) is 36.0 Å². The van der Waals surface area contributed by atoms with Crippen LogP contribution in [0.5, 0.6) is 0 Å². The van der Waals surface area contributed by atoms with Crippen LogP contribution in [-0.2, 0) is 16.3 Å². The fourth-order valence-electron chi connectivity index (χ4n) is 3.19. The van der Waals surface area contributed by atoms with Crippen LogP contribution in [0.4, 0.5) is 11.6 Å². The second-order valence-corrected chi connectivity index (χ2v) is 8.77. The molecule has 1 atom stereocenters. The van der Waals surface area contributed by atoms with Gasteiger partial charge in [-0.1, -0.05) is 26.0 Å². The molecule has 134 valence electrons. The number of hydrogen-bond donors (Lipinski definition) is 2. The number of anilines is 2. The van der Waals surface area contributed by atoms with Crippen LogP contribution in [0.15, 0.2) is 35.5 Å². The van der Waals surface area contributed by atoms with Crippen molar-refractivity contribution in [3.8, 4) is 0 Å². The van der Waals surface area contributed by atoms with Gasteiger partial charge in [0.05, 0.1) is 16.7 Å². The standard InChI is InChI=1S/C18H24N4O2S/c1-12(2)18(22-17-10-16(19-3)20-11-21-17)14-7-6-13-5-4-8-25(23,24)15(13)9-14/h6-7,9-12,18H,4-5,8H2,1-3H3,(H2,19,20,21,22)/t18-/m1/s1. The normalized spacial score (nSPS) is 17.0. The lowest BCUT2D eigenvalue weighted by atomic mass is 9.94. The van der Waals surface area contributed by atoms with Gasteiger partial charge in [0, 0.05) is 13.1 Å². The van der Waals surface area contributed by atoms with Gasteiger partial charge in [0.25, 0.3) is 0 Å². The summed E-state index contributed by atoms with van der Waals surface area (Å²) < 4.78 is 24.8. The Morgan fingerprint density at radius 2 is 1.88 bits per heavy atom. The summed E-state index contributed by atoms with van der Waals surface area (Å²) in [6.45, 7) is 4.21. The molecule has 0 radical (unpaired) electrons. The maximum absolute atomic E-state index is 12.4. The zero-order chi connectivity index (χ0) is 18.0. The summed E-state index contributed by atoms with van der Waals surface area (Å²) in [6.07, 6.45) is 3.03. The van der Waals surface area contributed by atoms with E-state index >= 15 is 0 Å². The van der Waals surface area contributed by atoms with Gasteiger partial charge >= 0.3 is 0 Å². The Kier molecular flexibility index (Phi) is 4.94. The molecule has 1 aliphatic heterocycles. The topological polar surface area (TPSA) is 84.0 Å². The summed E-state index contributed by atoms with van der Waals surface area (Å²) in [5, 5.41) is 6.41. The minimum Gasteiger partial charge on any atom is -0.373 e. The van der Waals surface area contributed by atoms with Crippen LogP contribution in [0.25, 0.3) is 0 Å². The van der Waals surface area contributed by atoms with Crippen LogP contribution < -0.4 is 10.6 Å². The third kappa shape index (κ3) is 3.76. The molecule has 0 saturated heterocycles. The molecule has 0 saturated carbocycles. The van der Waals surface area contributed by atoms with Crippen molar-refractivity contribution in [2.75, 3.05) is 23.4 Å². The smallest absolute Gasteiger partial charge is 0.178 e. The SMILES string of the molecule is CNc1cc(N[C@@H](c2ccc3c(c2)S(=O)(=O)CCC3)C(C)C)ncn1. The highest BCUT2D eigenvalue weighted by Gasteiger charge is 2.26. The van der Waals surface area contributed by atoms with Crippen molar-refractivity contribution in [3.63, 3.8) is 0 Å². The van der Waals surface area contributed by atoms with Gasteiger partial charge in [-0.2, -0.15) is 0 Å². The molecule has 1 aliphatic rings. The minimum atomic E-state index is -3.17. The highest BCUT2D eigenvalue weighted by atomic mass is 32.2. The van der Waals surface area contributed by atoms with E-state index in [4.69, 9.17) is 0 Å². The summed E-state index contributed by atoms with van der Waals surface area (Å²) in [5.41, 5.74) is 1.89. The molecule has 2 N–H and O–H groups in total. The molecule has 0 spiro atoms. The number of nitrogens with zero attached hydrogens (tertiary/aromatic N) is 2. The molecule has 1 aromatic carbocycles. The van der Waals surface area contributed by atoms with E-state index in [-0.39, 0.29) is 17.7 Å². The number of fused-ring (bicyclic) bond motifs is 1. The third-order valence-electron chi connectivity index (χ3n) is 4.54. The first-order valence-corrected chi connectivity index (χ1v) is 10.2. The van der Waals surface area contributed by atoms with Crippen molar-refractivity contribution >= 4 is 21.5 Å². The van der Waals surface area contributed by atoms with E-state index in [1.807, 2.05) is 24.3 Å². The molecule has 0 fully saturated rings. The molecule has 2 heterocycles. The summed E-state index contributed by atoms with van der Waals surface area (Å²) in [4.78, 5) is 8.88. The third-order valence-corrected chi connectivity index (χ3v) is 6.41. The lowest BCUT2D eigenvalue weighted by Crippen LogP contribution is -2.20. The van der Waals surface area contributed by atoms with Crippen LogP contribution in [-0.4, -0.2) is 31.2 Å². The van der Waals surface area contributed by atoms with Crippen LogP contribution in [0.2, 0.25) is 0 Å². The van der Waals surface area contributed by atoms with E-state index in [0.717, 1.165) is 23.4 Å². The number of sulfone groups is 1. The molecule has 0 amide bonds. The van der Waals surface area contributed by atoms with Crippen LogP contribution >= 0.6 is 0 Å². The summed E-state index contributed by atoms with van der Waals surface area (Å²) in [6, 6.07) is 7.61. The van der Waals surface area contributed by atoms with Crippen LogP contribution in [0.1, 0.15) is 37.4 Å². The zero-order valence-corrected chi connectivity index (χ0v) is 15.6. The maximum atomic E-state index is 12.4. The van der Waals surface area contributed by atoms with E-state index < -0.39 is 9.84 Å². The van der Waals surface area contributed by atoms with Gasteiger partial charge < -0.3 is 10.6 Å². The molecule has 3 rings (SSSR count). The molecule has 25 heavy (non-hydrogen) atoms. The first-order chi connectivity index (χ1) is 11.9. The Balaban J connectivity index is 1.96. The highest BCUT2D eigenvalue weighted by Crippen LogP contribution is 2.32. The molecule has 0 aliphatic carbocycles. The lowest BCUT2D eigenvalue weighted by Gasteiger charge is -2.25. The van der Waals surface area contributed by atoms with E-state index in [2.05, 4.69) is 34.4 Å². The number of rotatable bonds is 5. The summed E-state index contributed by atoms with van der Waals surface area (Å²) >= 11 is 0. The quantitative estimate of drug-likeness (QED) is 0.853. The van der Waals surface area contributed by atoms with Gasteiger partial charge in [0.2, 0.25) is 0 Å². The molecular weight excluding hydrogens is 336 g/mol. The van der Waals surface area contributed by atoms with Crippen LogP contribution in [0, 0.1) is 5.92 Å². The first kappa shape index (κ1) is 17.7. The maximum Gasteiger partial charge on any atom is 0.178 e. The number of aromatic nitrogens is 2. The molecule has 0 unspecified atom stereocenters. The van der Waals surface area contributed by atoms with Gasteiger partial charge in [-0.25, -0.2) is 18.4 Å². The van der Waals surface area contributed by atoms with Gasteiger partial charge in [0.15, 0.2) is 9.84 Å². The van der Waals surface area contributed by atoms with Gasteiger partial charge in [-0.3, -0.25) is 0 Å². The van der Waals surface area contributed by atoms with Crippen molar-refractivity contribution in [2.45, 2.75) is 37.6 Å². The molecule has 0 bridgehead atoms. The molecule has 1 aromatic heterocycles. The van der Waals surface area contributed by atoms with E-state index in [1.54, 1.807) is 7.05 Å². The number of hydrogen-bond acceptors (Lipinski definition) is 6. The summed E-state index contributed by atoms with van der Waals surface area (Å²) in [7, 11) is -1.36. The van der Waals surface area contributed by atoms with E-state index in [0.29, 0.717) is 17.1 Å². The monoisotopic (exact) mass is 360 g/mol. The van der Waals surface area contributed by atoms with Crippen molar-refractivity contribution in [1.82, 2.24) is 9.97 Å². The van der Waals surface area contributed by atoms with Gasteiger partial charge in [0.1, 0.15) is 18.0 Å². The number of benzene rings is 1. The molecular formula is C18H24N4O2S. The van der Waals surface area contributed by atoms with Crippen molar-refractivity contribution < 1.29 is 8.42 Å². The average molecular weight is 360 g/mol. The van der Waals surface area contributed by atoms with Crippen molar-refractivity contribution in [1.29, 1.82) is 0 Å². The Morgan fingerprint density at radius 1 is 1.12 bits per heavy atom. The second-order valence-electron chi connectivity index (χ2n) is 6.69. The molecule has 6 nitrogen and oxygen atoms in total. The fourth-order valence-corrected chi connectivity index (χ4v) is 4.82. The Morgan fingerprint density at radius 3 is 2.60 bits per heavy atom. The van der Waals surface area contributed by atoms with E-state index in [9.17, 15) is 8.42 Å². The Hall–Kier alpha value is -2.15. The zero-order valence-electron chi connectivity index (χ0n) is 14.8. The molecule has 7 heteroatoms. The lowest BCUT2D eigenvalue weighted by molar-refractivity contribution is 0.542.